The first-order chi connectivity index (χ1) is 5.06. The fraction of sp³-hybridized carbons (Fsp3) is 1.00. The molecule has 0 aliphatic rings. The Morgan fingerprint density at radius 2 is 1.45 bits per heavy atom. The first kappa shape index (κ1) is 12.0. The van der Waals surface area contributed by atoms with E-state index >= 15 is 0 Å². The van der Waals surface area contributed by atoms with E-state index in [1.807, 2.05) is 0 Å². The quantitative estimate of drug-likeness (QED) is 0.332. The summed E-state index contributed by atoms with van der Waals surface area (Å²) in [6, 6.07) is 0. The van der Waals surface area contributed by atoms with E-state index in [1.165, 1.54) is 32.1 Å². The monoisotopic (exact) mass is 210 g/mol. The summed E-state index contributed by atoms with van der Waals surface area (Å²) in [5.41, 5.74) is 0. The summed E-state index contributed by atoms with van der Waals surface area (Å²) in [6.45, 7) is 2.22. The average molecular weight is 210 g/mol. The van der Waals surface area contributed by atoms with Gasteiger partial charge in [0.2, 0.25) is 0 Å². The number of rotatable bonds is 6. The third kappa shape index (κ3) is 11.0. The van der Waals surface area contributed by atoms with Gasteiger partial charge in [-0.3, -0.25) is 0 Å². The zero-order valence-corrected chi connectivity index (χ0v) is 9.77. The Morgan fingerprint density at radius 1 is 0.909 bits per heavy atom. The van der Waals surface area contributed by atoms with Crippen LogP contribution in [0.2, 0.25) is 0 Å². The van der Waals surface area contributed by atoms with Gasteiger partial charge in [0.25, 0.3) is 0 Å². The molecule has 0 heterocycles. The van der Waals surface area contributed by atoms with Gasteiger partial charge in [0, 0.05) is 0 Å². The molecule has 0 N–H and O–H groups in total. The second kappa shape index (κ2) is 6.55. The van der Waals surface area contributed by atoms with Gasteiger partial charge in [-0.25, -0.2) is 0 Å². The van der Waals surface area contributed by atoms with Crippen LogP contribution in [-0.2, 0) is 0 Å². The lowest BCUT2D eigenvalue weighted by atomic mass is 10.1. The standard InChI is InChI=1S/C8H18S3/c1-2-3-4-5-6-7-8(9,10)11/h9-11H,2-7H2,1H3. The Hall–Kier alpha value is 1.05. The molecule has 0 fully saturated rings. The molecule has 0 nitrogen and oxygen atoms in total. The van der Waals surface area contributed by atoms with Crippen molar-refractivity contribution in [1.29, 1.82) is 0 Å². The zero-order chi connectivity index (χ0) is 8.74. The molecule has 0 saturated heterocycles. The van der Waals surface area contributed by atoms with Crippen LogP contribution >= 0.6 is 37.9 Å². The van der Waals surface area contributed by atoms with Gasteiger partial charge in [0.05, 0.1) is 3.41 Å². The van der Waals surface area contributed by atoms with Crippen molar-refractivity contribution in [2.75, 3.05) is 0 Å². The molecular weight excluding hydrogens is 192 g/mol. The van der Waals surface area contributed by atoms with Gasteiger partial charge in [-0.15, -0.1) is 0 Å². The number of thiol groups is 3. The minimum absolute atomic E-state index is 0.369. The second-order valence-corrected chi connectivity index (χ2v) is 6.29. The van der Waals surface area contributed by atoms with Crippen molar-refractivity contribution < 1.29 is 0 Å². The van der Waals surface area contributed by atoms with Crippen molar-refractivity contribution in [1.82, 2.24) is 0 Å². The van der Waals surface area contributed by atoms with E-state index in [0.717, 1.165) is 6.42 Å². The van der Waals surface area contributed by atoms with Gasteiger partial charge in [-0.05, 0) is 6.42 Å². The van der Waals surface area contributed by atoms with Crippen LogP contribution in [0.1, 0.15) is 45.4 Å². The van der Waals surface area contributed by atoms with Crippen LogP contribution in [-0.4, -0.2) is 3.41 Å². The van der Waals surface area contributed by atoms with Gasteiger partial charge < -0.3 is 0 Å². The maximum Gasteiger partial charge on any atom is 0.0980 e. The molecule has 0 bridgehead atoms. The molecule has 0 aliphatic carbocycles. The highest BCUT2D eigenvalue weighted by atomic mass is 32.2. The third-order valence-electron chi connectivity index (χ3n) is 1.62. The minimum Gasteiger partial charge on any atom is -0.151 e. The number of hydrogen-bond acceptors (Lipinski definition) is 3. The zero-order valence-electron chi connectivity index (χ0n) is 7.08. The lowest BCUT2D eigenvalue weighted by Crippen LogP contribution is -2.01. The van der Waals surface area contributed by atoms with Crippen molar-refractivity contribution in [3.63, 3.8) is 0 Å². The molecule has 0 amide bonds. The molecule has 0 saturated carbocycles. The average Bonchev–Trinajstić information content (AvgIpc) is 1.85. The summed E-state index contributed by atoms with van der Waals surface area (Å²) < 4.78 is -0.369. The van der Waals surface area contributed by atoms with Crippen LogP contribution in [0, 0.1) is 0 Å². The Morgan fingerprint density at radius 3 is 1.91 bits per heavy atom. The first-order valence-corrected chi connectivity index (χ1v) is 5.57. The van der Waals surface area contributed by atoms with Crippen molar-refractivity contribution in [3.8, 4) is 0 Å². The fourth-order valence-corrected chi connectivity index (χ4v) is 1.44. The molecule has 0 radical (unpaired) electrons. The van der Waals surface area contributed by atoms with Gasteiger partial charge in [-0.1, -0.05) is 39.0 Å². The summed E-state index contributed by atoms with van der Waals surface area (Å²) in [4.78, 5) is 0. The Labute approximate surface area is 86.8 Å². The summed E-state index contributed by atoms with van der Waals surface area (Å²) >= 11 is 12.6. The fourth-order valence-electron chi connectivity index (χ4n) is 0.966. The van der Waals surface area contributed by atoms with Crippen LogP contribution in [0.3, 0.4) is 0 Å². The van der Waals surface area contributed by atoms with Crippen molar-refractivity contribution >= 4 is 37.9 Å². The highest BCUT2D eigenvalue weighted by molar-refractivity contribution is 8.16. The van der Waals surface area contributed by atoms with Crippen LogP contribution in [0.5, 0.6) is 0 Å². The van der Waals surface area contributed by atoms with Crippen molar-refractivity contribution in [2.45, 2.75) is 48.9 Å². The van der Waals surface area contributed by atoms with E-state index < -0.39 is 0 Å². The predicted octanol–water partition coefficient (Wildman–Crippen LogP) is 3.79. The molecule has 0 unspecified atom stereocenters. The Kier molecular flexibility index (Phi) is 7.18. The van der Waals surface area contributed by atoms with E-state index in [-0.39, 0.29) is 3.41 Å². The maximum absolute atomic E-state index is 4.21. The Balaban J connectivity index is 3.02. The number of hydrogen-bond donors (Lipinski definition) is 3. The highest BCUT2D eigenvalue weighted by Crippen LogP contribution is 2.30. The first-order valence-electron chi connectivity index (χ1n) is 4.23. The lowest BCUT2D eigenvalue weighted by molar-refractivity contribution is 0.618. The van der Waals surface area contributed by atoms with E-state index in [2.05, 4.69) is 44.8 Å². The van der Waals surface area contributed by atoms with E-state index in [1.54, 1.807) is 0 Å². The molecule has 0 aromatic rings. The predicted molar refractivity (Wildman–Crippen MR) is 63.1 cm³/mol. The van der Waals surface area contributed by atoms with E-state index in [4.69, 9.17) is 0 Å². The van der Waals surface area contributed by atoms with Crippen LogP contribution < -0.4 is 0 Å². The lowest BCUT2D eigenvalue weighted by Gasteiger charge is -2.14. The summed E-state index contributed by atoms with van der Waals surface area (Å²) in [5, 5.41) is 0. The van der Waals surface area contributed by atoms with Crippen LogP contribution in [0.25, 0.3) is 0 Å². The number of unbranched alkanes of at least 4 members (excludes halogenated alkanes) is 4. The van der Waals surface area contributed by atoms with Gasteiger partial charge in [0.15, 0.2) is 0 Å². The maximum atomic E-state index is 4.21. The van der Waals surface area contributed by atoms with Crippen molar-refractivity contribution in [2.24, 2.45) is 0 Å². The van der Waals surface area contributed by atoms with Crippen LogP contribution in [0.15, 0.2) is 0 Å². The summed E-state index contributed by atoms with van der Waals surface area (Å²) in [7, 11) is 0. The SMILES string of the molecule is CCCCCCCC(S)(S)S. The highest BCUT2D eigenvalue weighted by Gasteiger charge is 2.11. The molecule has 0 aromatic carbocycles. The molecule has 0 spiro atoms. The van der Waals surface area contributed by atoms with Gasteiger partial charge in [-0.2, -0.15) is 37.9 Å². The van der Waals surface area contributed by atoms with Crippen LogP contribution in [0.4, 0.5) is 0 Å². The largest absolute Gasteiger partial charge is 0.151 e. The molecule has 68 valence electrons. The molecule has 0 aromatic heterocycles. The summed E-state index contributed by atoms with van der Waals surface area (Å²) in [5.74, 6) is 0. The summed E-state index contributed by atoms with van der Waals surface area (Å²) in [6.07, 6.45) is 7.44. The van der Waals surface area contributed by atoms with Gasteiger partial charge >= 0.3 is 0 Å². The molecule has 0 atom stereocenters. The minimum atomic E-state index is -0.369. The smallest absolute Gasteiger partial charge is 0.0980 e. The Bertz CT molecular complexity index is 85.8. The molecule has 11 heavy (non-hydrogen) atoms. The van der Waals surface area contributed by atoms with Crippen molar-refractivity contribution in [3.05, 3.63) is 0 Å². The van der Waals surface area contributed by atoms with E-state index in [0.29, 0.717) is 0 Å². The molecular formula is C8H18S3. The van der Waals surface area contributed by atoms with E-state index in [9.17, 15) is 0 Å². The third-order valence-corrected chi connectivity index (χ3v) is 2.29. The van der Waals surface area contributed by atoms with Gasteiger partial charge in [0.1, 0.15) is 0 Å². The second-order valence-electron chi connectivity index (χ2n) is 2.94. The molecule has 0 rings (SSSR count). The molecule has 0 aliphatic heterocycles. The normalized spacial score (nSPS) is 12.0. The molecule has 3 heteroatoms. The topological polar surface area (TPSA) is 0 Å².